The maximum absolute atomic E-state index is 12.7. The van der Waals surface area contributed by atoms with Crippen molar-refractivity contribution in [2.24, 2.45) is 16.5 Å². The van der Waals surface area contributed by atoms with E-state index in [9.17, 15) is 14.9 Å². The standard InChI is InChI=1S/C16H15N7O4S/c17-16(18)20-5-6-27-12-3-4-19-8-11(12)15(24)21-14-10-7-9(23(25)26)1-2-13(10)28-22-14/h1-4,7-8H,5-6H2,(H4,17,18,20)(H,21,22,24). The number of amides is 1. The van der Waals surface area contributed by atoms with Gasteiger partial charge >= 0.3 is 0 Å². The SMILES string of the molecule is NC(N)=NCCOc1ccncc1C(=O)Nc1nsc2ccc([N+](=O)[O-])cc12. The van der Waals surface area contributed by atoms with Crippen molar-refractivity contribution < 1.29 is 14.5 Å². The molecule has 0 saturated carbocycles. The van der Waals surface area contributed by atoms with Crippen LogP contribution in [0.4, 0.5) is 11.5 Å². The summed E-state index contributed by atoms with van der Waals surface area (Å²) in [5.74, 6) is -0.0442. The highest BCUT2D eigenvalue weighted by Crippen LogP contribution is 2.31. The number of rotatable bonds is 7. The molecule has 0 radical (unpaired) electrons. The third-order valence-electron chi connectivity index (χ3n) is 3.57. The van der Waals surface area contributed by atoms with E-state index in [1.807, 2.05) is 0 Å². The van der Waals surface area contributed by atoms with Gasteiger partial charge in [-0.2, -0.15) is 4.37 Å². The molecule has 0 saturated heterocycles. The maximum Gasteiger partial charge on any atom is 0.270 e. The van der Waals surface area contributed by atoms with Gasteiger partial charge in [-0.1, -0.05) is 0 Å². The van der Waals surface area contributed by atoms with Gasteiger partial charge in [0.25, 0.3) is 11.6 Å². The lowest BCUT2D eigenvalue weighted by Crippen LogP contribution is -2.23. The number of carbonyl (C=O) groups excluding carboxylic acids is 1. The third kappa shape index (κ3) is 4.29. The Labute approximate surface area is 162 Å². The molecule has 0 bridgehead atoms. The van der Waals surface area contributed by atoms with E-state index < -0.39 is 10.8 Å². The average Bonchev–Trinajstić information content (AvgIpc) is 3.07. The minimum Gasteiger partial charge on any atom is -0.491 e. The fourth-order valence-electron chi connectivity index (χ4n) is 2.31. The molecule has 2 heterocycles. The number of anilines is 1. The Morgan fingerprint density at radius 2 is 2.18 bits per heavy atom. The summed E-state index contributed by atoms with van der Waals surface area (Å²) in [6, 6.07) is 5.87. The Kier molecular flexibility index (Phi) is 5.60. The monoisotopic (exact) mass is 401 g/mol. The van der Waals surface area contributed by atoms with Gasteiger partial charge in [-0.3, -0.25) is 24.9 Å². The number of nitro benzene ring substituents is 1. The molecule has 5 N–H and O–H groups in total. The van der Waals surface area contributed by atoms with Gasteiger partial charge in [-0.15, -0.1) is 0 Å². The van der Waals surface area contributed by atoms with E-state index in [1.165, 1.54) is 30.6 Å². The first-order valence-corrected chi connectivity index (χ1v) is 8.70. The predicted octanol–water partition coefficient (Wildman–Crippen LogP) is 1.50. The van der Waals surface area contributed by atoms with Crippen LogP contribution in [-0.2, 0) is 0 Å². The van der Waals surface area contributed by atoms with Crippen LogP contribution in [0, 0.1) is 10.1 Å². The molecule has 28 heavy (non-hydrogen) atoms. The first kappa shape index (κ1) is 19.0. The van der Waals surface area contributed by atoms with Crippen molar-refractivity contribution in [3.05, 3.63) is 52.3 Å². The molecule has 2 aromatic heterocycles. The molecule has 3 rings (SSSR count). The van der Waals surface area contributed by atoms with Crippen LogP contribution in [0.25, 0.3) is 10.1 Å². The second kappa shape index (κ2) is 8.26. The van der Waals surface area contributed by atoms with Crippen molar-refractivity contribution in [2.45, 2.75) is 0 Å². The predicted molar refractivity (Wildman–Crippen MR) is 105 cm³/mol. The zero-order valence-corrected chi connectivity index (χ0v) is 15.2. The van der Waals surface area contributed by atoms with Gasteiger partial charge in [0.15, 0.2) is 11.8 Å². The van der Waals surface area contributed by atoms with Crippen molar-refractivity contribution in [1.29, 1.82) is 0 Å². The quantitative estimate of drug-likeness (QED) is 0.176. The van der Waals surface area contributed by atoms with Gasteiger partial charge in [0.1, 0.15) is 17.9 Å². The van der Waals surface area contributed by atoms with Crippen molar-refractivity contribution in [2.75, 3.05) is 18.5 Å². The normalized spacial score (nSPS) is 10.4. The molecule has 0 aliphatic carbocycles. The van der Waals surface area contributed by atoms with E-state index in [4.69, 9.17) is 16.2 Å². The van der Waals surface area contributed by atoms with Crippen LogP contribution in [0.1, 0.15) is 10.4 Å². The fourth-order valence-corrected chi connectivity index (χ4v) is 3.03. The molecule has 0 aliphatic rings. The summed E-state index contributed by atoms with van der Waals surface area (Å²) in [6.45, 7) is 0.389. The molecule has 0 spiro atoms. The number of aromatic nitrogens is 2. The highest BCUT2D eigenvalue weighted by atomic mass is 32.1. The Hall–Kier alpha value is -3.80. The minimum absolute atomic E-state index is 0.0548. The molecule has 3 aromatic rings. The molecule has 0 fully saturated rings. The van der Waals surface area contributed by atoms with Crippen molar-refractivity contribution in [1.82, 2.24) is 9.36 Å². The van der Waals surface area contributed by atoms with Gasteiger partial charge in [0.05, 0.1) is 16.2 Å². The molecule has 0 aliphatic heterocycles. The molecular weight excluding hydrogens is 386 g/mol. The van der Waals surface area contributed by atoms with Crippen LogP contribution in [0.15, 0.2) is 41.7 Å². The number of nitrogens with two attached hydrogens (primary N) is 2. The van der Waals surface area contributed by atoms with Crippen molar-refractivity contribution in [3.63, 3.8) is 0 Å². The third-order valence-corrected chi connectivity index (χ3v) is 4.39. The number of aliphatic imine (C=N–C) groups is 1. The molecule has 0 atom stereocenters. The van der Waals surface area contributed by atoms with E-state index in [2.05, 4.69) is 19.7 Å². The second-order valence-electron chi connectivity index (χ2n) is 5.45. The number of hydrogen-bond donors (Lipinski definition) is 3. The molecule has 0 unspecified atom stereocenters. The molecule has 11 nitrogen and oxygen atoms in total. The lowest BCUT2D eigenvalue weighted by Gasteiger charge is -2.10. The second-order valence-corrected chi connectivity index (χ2v) is 6.25. The number of nitrogens with zero attached hydrogens (tertiary/aromatic N) is 4. The number of pyridine rings is 1. The largest absolute Gasteiger partial charge is 0.491 e. The van der Waals surface area contributed by atoms with Crippen LogP contribution in [0.5, 0.6) is 5.75 Å². The number of benzene rings is 1. The summed E-state index contributed by atoms with van der Waals surface area (Å²) in [4.78, 5) is 30.9. The fraction of sp³-hybridized carbons (Fsp3) is 0.125. The smallest absolute Gasteiger partial charge is 0.270 e. The zero-order chi connectivity index (χ0) is 20.1. The molecule has 1 aromatic carbocycles. The Morgan fingerprint density at radius 1 is 1.36 bits per heavy atom. The summed E-state index contributed by atoms with van der Waals surface area (Å²) < 4.78 is 10.4. The summed E-state index contributed by atoms with van der Waals surface area (Å²) >= 11 is 1.12. The first-order valence-electron chi connectivity index (χ1n) is 7.93. The van der Waals surface area contributed by atoms with Crippen LogP contribution in [-0.4, -0.2) is 39.3 Å². The Bertz CT molecular complexity index is 1060. The number of carbonyl (C=O) groups is 1. The van der Waals surface area contributed by atoms with Crippen molar-refractivity contribution in [3.8, 4) is 5.75 Å². The number of nitrogens with one attached hydrogen (secondary N) is 1. The number of guanidine groups is 1. The van der Waals surface area contributed by atoms with Crippen LogP contribution in [0.2, 0.25) is 0 Å². The maximum atomic E-state index is 12.7. The van der Waals surface area contributed by atoms with Crippen LogP contribution < -0.4 is 21.5 Å². The molecule has 12 heteroatoms. The van der Waals surface area contributed by atoms with Crippen LogP contribution >= 0.6 is 11.5 Å². The van der Waals surface area contributed by atoms with E-state index in [-0.39, 0.29) is 36.2 Å². The first-order chi connectivity index (χ1) is 13.5. The highest BCUT2D eigenvalue weighted by molar-refractivity contribution is 7.13. The molecule has 144 valence electrons. The minimum atomic E-state index is -0.511. The Morgan fingerprint density at radius 3 is 2.93 bits per heavy atom. The number of fused-ring (bicyclic) bond motifs is 1. The van der Waals surface area contributed by atoms with Gasteiger partial charge in [-0.05, 0) is 23.7 Å². The van der Waals surface area contributed by atoms with Gasteiger partial charge in [0.2, 0.25) is 0 Å². The highest BCUT2D eigenvalue weighted by Gasteiger charge is 2.17. The number of nitro groups is 1. The zero-order valence-electron chi connectivity index (χ0n) is 14.4. The topological polar surface area (TPSA) is 172 Å². The van der Waals surface area contributed by atoms with Gasteiger partial charge in [-0.25, -0.2) is 0 Å². The molecular formula is C16H15N7O4S. The van der Waals surface area contributed by atoms with Gasteiger partial charge < -0.3 is 21.5 Å². The van der Waals surface area contributed by atoms with E-state index in [1.54, 1.807) is 6.07 Å². The summed E-state index contributed by atoms with van der Waals surface area (Å²) in [6.07, 6.45) is 2.83. The molecule has 1 amide bonds. The van der Waals surface area contributed by atoms with E-state index in [0.29, 0.717) is 15.8 Å². The Balaban J connectivity index is 1.80. The number of ether oxygens (including phenoxy) is 1. The lowest BCUT2D eigenvalue weighted by molar-refractivity contribution is -0.384. The van der Waals surface area contributed by atoms with E-state index >= 15 is 0 Å². The van der Waals surface area contributed by atoms with Gasteiger partial charge in [0, 0.05) is 29.9 Å². The van der Waals surface area contributed by atoms with E-state index in [0.717, 1.165) is 11.5 Å². The summed E-state index contributed by atoms with van der Waals surface area (Å²) in [5.41, 5.74) is 10.6. The average molecular weight is 401 g/mol. The van der Waals surface area contributed by atoms with Crippen molar-refractivity contribution >= 4 is 45.0 Å². The number of non-ortho nitro benzene ring substituents is 1. The summed E-state index contributed by atoms with van der Waals surface area (Å²) in [5, 5.41) is 14.1. The summed E-state index contributed by atoms with van der Waals surface area (Å²) in [7, 11) is 0. The lowest BCUT2D eigenvalue weighted by atomic mass is 10.2. The number of hydrogen-bond acceptors (Lipinski definition) is 8. The van der Waals surface area contributed by atoms with Crippen LogP contribution in [0.3, 0.4) is 0 Å².